The van der Waals surface area contributed by atoms with Gasteiger partial charge >= 0.3 is 0 Å². The lowest BCUT2D eigenvalue weighted by Crippen LogP contribution is -2.17. The van der Waals surface area contributed by atoms with Crippen molar-refractivity contribution in [1.82, 2.24) is 0 Å². The first-order valence-corrected chi connectivity index (χ1v) is 5.80. The van der Waals surface area contributed by atoms with E-state index < -0.39 is 5.97 Å². The van der Waals surface area contributed by atoms with E-state index in [0.717, 1.165) is 13.3 Å². The number of aliphatic carboxylic acids is 1. The topological polar surface area (TPSA) is 57.5 Å². The Kier molecular flexibility index (Phi) is 7.65. The molecule has 0 amide bonds. The minimum Gasteiger partial charge on any atom is -0.481 e. The first kappa shape index (κ1) is 13.2. The quantitative estimate of drug-likeness (QED) is 0.410. The van der Waals surface area contributed by atoms with Gasteiger partial charge in [-0.1, -0.05) is 41.9 Å². The zero-order valence-corrected chi connectivity index (χ0v) is 10.0. The van der Waals surface area contributed by atoms with E-state index in [1.54, 1.807) is 0 Å². The summed E-state index contributed by atoms with van der Waals surface area (Å²) in [6.07, 6.45) is 6.06. The van der Waals surface area contributed by atoms with Gasteiger partial charge < -0.3 is 10.2 Å². The fraction of sp³-hybridized carbons (Fsp3) is 0.889. The summed E-state index contributed by atoms with van der Waals surface area (Å²) in [5.41, 5.74) is 0. The molecule has 0 aliphatic heterocycles. The van der Waals surface area contributed by atoms with Crippen molar-refractivity contribution >= 4 is 28.6 Å². The molecule has 0 aromatic rings. The molecule has 2 atom stereocenters. The highest BCUT2D eigenvalue weighted by atomic mass is 127. The Bertz CT molecular complexity index is 136. The second-order valence-corrected chi connectivity index (χ2v) is 4.84. The van der Waals surface area contributed by atoms with Gasteiger partial charge in [0.2, 0.25) is 0 Å². The molecule has 3 nitrogen and oxygen atoms in total. The maximum absolute atomic E-state index is 9.35. The highest BCUT2D eigenvalue weighted by Crippen LogP contribution is 2.23. The summed E-state index contributed by atoms with van der Waals surface area (Å²) in [5, 5.41) is 16.8. The van der Waals surface area contributed by atoms with E-state index in [2.05, 4.69) is 22.6 Å². The van der Waals surface area contributed by atoms with Crippen LogP contribution in [-0.4, -0.2) is 26.2 Å². The van der Waals surface area contributed by atoms with E-state index in [1.807, 2.05) is 0 Å². The van der Waals surface area contributed by atoms with Crippen LogP contribution in [0.2, 0.25) is 0 Å². The number of hydrogen-bond donors (Lipinski definition) is 2. The number of carbonyl (C=O) groups is 1. The van der Waals surface area contributed by atoms with Crippen molar-refractivity contribution in [2.45, 2.75) is 49.1 Å². The summed E-state index contributed by atoms with van der Waals surface area (Å²) >= 11 is 2.36. The fourth-order valence-electron chi connectivity index (χ4n) is 1.24. The molecule has 78 valence electrons. The molecule has 0 aromatic carbocycles. The normalized spacial score (nSPS) is 28.2. The van der Waals surface area contributed by atoms with E-state index in [4.69, 9.17) is 9.90 Å². The Morgan fingerprint density at radius 1 is 1.31 bits per heavy atom. The number of aliphatic hydroxyl groups is 1. The number of halogens is 1. The van der Waals surface area contributed by atoms with Gasteiger partial charge in [0, 0.05) is 10.8 Å². The molecule has 4 heteroatoms. The van der Waals surface area contributed by atoms with Crippen molar-refractivity contribution in [2.75, 3.05) is 0 Å². The van der Waals surface area contributed by atoms with Crippen molar-refractivity contribution in [3.63, 3.8) is 0 Å². The van der Waals surface area contributed by atoms with Crippen LogP contribution in [0, 0.1) is 0 Å². The zero-order valence-electron chi connectivity index (χ0n) is 7.87. The van der Waals surface area contributed by atoms with Gasteiger partial charge in [-0.3, -0.25) is 4.79 Å². The number of carboxylic acids is 1. The van der Waals surface area contributed by atoms with Crippen molar-refractivity contribution in [3.8, 4) is 0 Å². The van der Waals surface area contributed by atoms with Gasteiger partial charge in [0.1, 0.15) is 0 Å². The highest BCUT2D eigenvalue weighted by Gasteiger charge is 2.17. The maximum atomic E-state index is 9.35. The van der Waals surface area contributed by atoms with Gasteiger partial charge in [-0.2, -0.15) is 0 Å². The van der Waals surface area contributed by atoms with Crippen LogP contribution >= 0.6 is 22.6 Å². The van der Waals surface area contributed by atoms with Gasteiger partial charge in [-0.25, -0.2) is 0 Å². The summed E-state index contributed by atoms with van der Waals surface area (Å²) in [5.74, 6) is -0.833. The molecule has 0 aromatic heterocycles. The van der Waals surface area contributed by atoms with Crippen molar-refractivity contribution in [1.29, 1.82) is 0 Å². The molecule has 1 rings (SSSR count). The van der Waals surface area contributed by atoms with Gasteiger partial charge in [0.15, 0.2) is 0 Å². The van der Waals surface area contributed by atoms with Crippen LogP contribution in [0.5, 0.6) is 0 Å². The Balaban J connectivity index is 0.000000310. The second-order valence-electron chi connectivity index (χ2n) is 3.24. The van der Waals surface area contributed by atoms with Crippen molar-refractivity contribution in [2.24, 2.45) is 0 Å². The van der Waals surface area contributed by atoms with Crippen molar-refractivity contribution in [3.05, 3.63) is 0 Å². The Morgan fingerprint density at radius 3 is 2.31 bits per heavy atom. The summed E-state index contributed by atoms with van der Waals surface area (Å²) < 4.78 is 0.519. The molecule has 2 unspecified atom stereocenters. The first-order chi connectivity index (χ1) is 6.04. The third kappa shape index (κ3) is 8.49. The number of alkyl halides is 1. The molecule has 2 N–H and O–H groups in total. The Labute approximate surface area is 92.7 Å². The predicted molar refractivity (Wildman–Crippen MR) is 60.2 cm³/mol. The van der Waals surface area contributed by atoms with Crippen LogP contribution in [0.1, 0.15) is 39.0 Å². The summed E-state index contributed by atoms with van der Waals surface area (Å²) in [6, 6.07) is 0. The van der Waals surface area contributed by atoms with Gasteiger partial charge in [-0.15, -0.1) is 0 Å². The molecule has 0 spiro atoms. The second kappa shape index (κ2) is 7.55. The van der Waals surface area contributed by atoms with Crippen LogP contribution in [-0.2, 0) is 4.79 Å². The molecule has 1 saturated carbocycles. The average molecular weight is 300 g/mol. The lowest BCUT2D eigenvalue weighted by atomic mass is 10.2. The third-order valence-electron chi connectivity index (χ3n) is 1.90. The molecule has 0 heterocycles. The average Bonchev–Trinajstić information content (AvgIpc) is 2.16. The lowest BCUT2D eigenvalue weighted by Gasteiger charge is -2.11. The van der Waals surface area contributed by atoms with Crippen LogP contribution in [0.3, 0.4) is 0 Å². The third-order valence-corrected chi connectivity index (χ3v) is 3.35. The summed E-state index contributed by atoms with van der Waals surface area (Å²) in [4.78, 5) is 9.00. The number of hydrogen-bond acceptors (Lipinski definition) is 2. The van der Waals surface area contributed by atoms with E-state index >= 15 is 0 Å². The number of aliphatic hydroxyl groups excluding tert-OH is 1. The number of rotatable bonds is 0. The van der Waals surface area contributed by atoms with Gasteiger partial charge in [0.05, 0.1) is 6.10 Å². The molecule has 0 radical (unpaired) electrons. The number of carboxylic acid groups (broad SMARTS) is 1. The molecular formula is C9H17IO3. The lowest BCUT2D eigenvalue weighted by molar-refractivity contribution is -0.134. The van der Waals surface area contributed by atoms with E-state index in [0.29, 0.717) is 3.92 Å². The summed E-state index contributed by atoms with van der Waals surface area (Å²) in [7, 11) is 0. The molecule has 1 fully saturated rings. The monoisotopic (exact) mass is 300 g/mol. The largest absolute Gasteiger partial charge is 0.481 e. The highest BCUT2D eigenvalue weighted by molar-refractivity contribution is 14.1. The minimum atomic E-state index is -0.833. The molecule has 1 aliphatic rings. The molecule has 13 heavy (non-hydrogen) atoms. The SMILES string of the molecule is CC(=O)O.OC1CCCCCC1I. The molecule has 1 aliphatic carbocycles. The molecule has 0 saturated heterocycles. The van der Waals surface area contributed by atoms with Crippen LogP contribution in [0.15, 0.2) is 0 Å². The molecule has 0 bridgehead atoms. The summed E-state index contributed by atoms with van der Waals surface area (Å²) in [6.45, 7) is 1.08. The maximum Gasteiger partial charge on any atom is 0.300 e. The minimum absolute atomic E-state index is 0.0203. The smallest absolute Gasteiger partial charge is 0.300 e. The van der Waals surface area contributed by atoms with Crippen LogP contribution in [0.25, 0.3) is 0 Å². The zero-order chi connectivity index (χ0) is 10.3. The van der Waals surface area contributed by atoms with E-state index in [9.17, 15) is 5.11 Å². The van der Waals surface area contributed by atoms with E-state index in [1.165, 1.54) is 25.7 Å². The predicted octanol–water partition coefficient (Wildman–Crippen LogP) is 2.21. The van der Waals surface area contributed by atoms with Crippen LogP contribution in [0.4, 0.5) is 0 Å². The first-order valence-electron chi connectivity index (χ1n) is 4.55. The Morgan fingerprint density at radius 2 is 1.77 bits per heavy atom. The molecular weight excluding hydrogens is 283 g/mol. The van der Waals surface area contributed by atoms with Gasteiger partial charge in [0.25, 0.3) is 5.97 Å². The van der Waals surface area contributed by atoms with Crippen LogP contribution < -0.4 is 0 Å². The standard InChI is InChI=1S/C7H13IO.C2H4O2/c8-6-4-2-1-3-5-7(6)9;1-2(3)4/h6-7,9H,1-5H2;1H3,(H,3,4). The fourth-order valence-corrected chi connectivity index (χ4v) is 2.04. The van der Waals surface area contributed by atoms with Crippen molar-refractivity contribution < 1.29 is 15.0 Å². The van der Waals surface area contributed by atoms with Gasteiger partial charge in [-0.05, 0) is 12.8 Å². The Hall–Kier alpha value is 0.160. The van der Waals surface area contributed by atoms with E-state index in [-0.39, 0.29) is 6.10 Å².